The Kier molecular flexibility index (Phi) is 6.53. The second-order valence-corrected chi connectivity index (χ2v) is 8.46. The van der Waals surface area contributed by atoms with Crippen molar-refractivity contribution in [2.75, 3.05) is 26.2 Å². The summed E-state index contributed by atoms with van der Waals surface area (Å²) < 4.78 is 0. The molecule has 2 aliphatic heterocycles. The third kappa shape index (κ3) is 4.97. The molecule has 2 aliphatic rings. The highest BCUT2D eigenvalue weighted by Crippen LogP contribution is 2.22. The van der Waals surface area contributed by atoms with Gasteiger partial charge in [-0.15, -0.1) is 0 Å². The second-order valence-electron chi connectivity index (χ2n) is 8.46. The molecule has 0 saturated carbocycles. The highest BCUT2D eigenvalue weighted by atomic mass is 16.2. The minimum Gasteiger partial charge on any atom is -0.335 e. The van der Waals surface area contributed by atoms with Crippen LogP contribution < -0.4 is 0 Å². The van der Waals surface area contributed by atoms with Crippen molar-refractivity contribution < 1.29 is 4.79 Å². The van der Waals surface area contributed by atoms with E-state index in [-0.39, 0.29) is 5.91 Å². The van der Waals surface area contributed by atoms with Crippen LogP contribution in [0.4, 0.5) is 0 Å². The standard InChI is InChI=1S/C23H34N2O/c1-18(2)15-20-8-10-21(11-9-20)19(3)16-23(26)25-14-6-7-22(25)17-24-12-4-5-13-24/h8-11,16,18,22H,4-7,12-15,17H2,1-3H3/b19-16-/t22-/m0/s1. The second kappa shape index (κ2) is 8.85. The summed E-state index contributed by atoms with van der Waals surface area (Å²) in [5.74, 6) is 0.859. The van der Waals surface area contributed by atoms with Crippen LogP contribution in [0.2, 0.25) is 0 Å². The van der Waals surface area contributed by atoms with Gasteiger partial charge in [0.2, 0.25) is 5.91 Å². The van der Waals surface area contributed by atoms with Gasteiger partial charge in [0.15, 0.2) is 0 Å². The van der Waals surface area contributed by atoms with Gasteiger partial charge < -0.3 is 9.80 Å². The SMILES string of the molecule is C/C(=C/C(=O)N1CCC[C@H]1CN1CCCC1)c1ccc(CC(C)C)cc1. The van der Waals surface area contributed by atoms with Crippen molar-refractivity contribution in [2.24, 2.45) is 5.92 Å². The van der Waals surface area contributed by atoms with Crippen molar-refractivity contribution in [1.29, 1.82) is 0 Å². The summed E-state index contributed by atoms with van der Waals surface area (Å²) in [5, 5.41) is 0. The van der Waals surface area contributed by atoms with Crippen molar-refractivity contribution in [3.05, 3.63) is 41.5 Å². The van der Waals surface area contributed by atoms with Crippen LogP contribution in [-0.2, 0) is 11.2 Å². The Labute approximate surface area is 159 Å². The first kappa shape index (κ1) is 19.2. The van der Waals surface area contributed by atoms with Crippen LogP contribution in [0.5, 0.6) is 0 Å². The van der Waals surface area contributed by atoms with Crippen molar-refractivity contribution in [1.82, 2.24) is 9.80 Å². The molecule has 3 heteroatoms. The largest absolute Gasteiger partial charge is 0.335 e. The van der Waals surface area contributed by atoms with E-state index in [4.69, 9.17) is 0 Å². The Balaban J connectivity index is 1.62. The molecule has 1 aromatic rings. The number of hydrogen-bond acceptors (Lipinski definition) is 2. The number of carbonyl (C=O) groups is 1. The number of carbonyl (C=O) groups excluding carboxylic acids is 1. The first-order valence-electron chi connectivity index (χ1n) is 10.3. The normalized spacial score (nSPS) is 21.8. The topological polar surface area (TPSA) is 23.6 Å². The van der Waals surface area contributed by atoms with Gasteiger partial charge in [0.1, 0.15) is 0 Å². The van der Waals surface area contributed by atoms with Crippen LogP contribution in [0.15, 0.2) is 30.3 Å². The van der Waals surface area contributed by atoms with E-state index >= 15 is 0 Å². The minimum atomic E-state index is 0.190. The monoisotopic (exact) mass is 354 g/mol. The van der Waals surface area contributed by atoms with Crippen LogP contribution in [-0.4, -0.2) is 47.9 Å². The van der Waals surface area contributed by atoms with Gasteiger partial charge in [0.05, 0.1) is 0 Å². The lowest BCUT2D eigenvalue weighted by atomic mass is 9.99. The van der Waals surface area contributed by atoms with E-state index < -0.39 is 0 Å². The molecule has 2 saturated heterocycles. The molecular formula is C23H34N2O. The molecule has 0 aliphatic carbocycles. The van der Waals surface area contributed by atoms with E-state index in [1.54, 1.807) is 0 Å². The Morgan fingerprint density at radius 2 is 1.81 bits per heavy atom. The van der Waals surface area contributed by atoms with E-state index in [0.717, 1.165) is 43.5 Å². The minimum absolute atomic E-state index is 0.190. The zero-order valence-corrected chi connectivity index (χ0v) is 16.7. The van der Waals surface area contributed by atoms with Gasteiger partial charge in [-0.1, -0.05) is 38.1 Å². The van der Waals surface area contributed by atoms with Crippen LogP contribution in [0.25, 0.3) is 5.57 Å². The molecular weight excluding hydrogens is 320 g/mol. The smallest absolute Gasteiger partial charge is 0.247 e. The molecule has 1 atom stereocenters. The number of amides is 1. The zero-order chi connectivity index (χ0) is 18.5. The van der Waals surface area contributed by atoms with Gasteiger partial charge in [-0.25, -0.2) is 0 Å². The van der Waals surface area contributed by atoms with Gasteiger partial charge >= 0.3 is 0 Å². The van der Waals surface area contributed by atoms with Crippen molar-refractivity contribution >= 4 is 11.5 Å². The van der Waals surface area contributed by atoms with Crippen LogP contribution in [0.1, 0.15) is 57.6 Å². The van der Waals surface area contributed by atoms with Gasteiger partial charge in [-0.2, -0.15) is 0 Å². The molecule has 2 fully saturated rings. The van der Waals surface area contributed by atoms with Gasteiger partial charge in [-0.05, 0) is 74.7 Å². The fraction of sp³-hybridized carbons (Fsp3) is 0.609. The summed E-state index contributed by atoms with van der Waals surface area (Å²) in [6, 6.07) is 9.11. The lowest BCUT2D eigenvalue weighted by molar-refractivity contribution is -0.127. The first-order valence-corrected chi connectivity index (χ1v) is 10.3. The van der Waals surface area contributed by atoms with E-state index in [2.05, 4.69) is 54.8 Å². The van der Waals surface area contributed by atoms with Crippen LogP contribution in [0.3, 0.4) is 0 Å². The Morgan fingerprint density at radius 3 is 2.46 bits per heavy atom. The number of benzene rings is 1. The molecule has 3 nitrogen and oxygen atoms in total. The lowest BCUT2D eigenvalue weighted by Gasteiger charge is -2.28. The molecule has 0 bridgehead atoms. The maximum absolute atomic E-state index is 12.9. The lowest BCUT2D eigenvalue weighted by Crippen LogP contribution is -2.42. The van der Waals surface area contributed by atoms with Gasteiger partial charge in [0, 0.05) is 25.2 Å². The number of allylic oxidation sites excluding steroid dienone is 1. The molecule has 0 N–H and O–H groups in total. The summed E-state index contributed by atoms with van der Waals surface area (Å²) >= 11 is 0. The van der Waals surface area contributed by atoms with Crippen molar-refractivity contribution in [3.8, 4) is 0 Å². The fourth-order valence-corrected chi connectivity index (χ4v) is 4.31. The number of likely N-dealkylation sites (tertiary alicyclic amines) is 2. The Morgan fingerprint density at radius 1 is 1.12 bits per heavy atom. The van der Waals surface area contributed by atoms with Gasteiger partial charge in [-0.3, -0.25) is 4.79 Å². The third-order valence-electron chi connectivity index (χ3n) is 5.72. The predicted molar refractivity (Wildman–Crippen MR) is 109 cm³/mol. The van der Waals surface area contributed by atoms with E-state index in [1.807, 2.05) is 6.08 Å². The molecule has 3 rings (SSSR count). The summed E-state index contributed by atoms with van der Waals surface area (Å²) in [4.78, 5) is 17.5. The third-order valence-corrected chi connectivity index (χ3v) is 5.72. The fourth-order valence-electron chi connectivity index (χ4n) is 4.31. The number of rotatable bonds is 6. The predicted octanol–water partition coefficient (Wildman–Crippen LogP) is 4.38. The highest BCUT2D eigenvalue weighted by molar-refractivity contribution is 5.95. The number of nitrogens with zero attached hydrogens (tertiary/aromatic N) is 2. The quantitative estimate of drug-likeness (QED) is 0.708. The average Bonchev–Trinajstić information content (AvgIpc) is 3.27. The molecule has 1 aromatic carbocycles. The average molecular weight is 355 g/mol. The summed E-state index contributed by atoms with van der Waals surface area (Å²) in [6.45, 7) is 10.9. The summed E-state index contributed by atoms with van der Waals surface area (Å²) in [7, 11) is 0. The first-order chi connectivity index (χ1) is 12.5. The zero-order valence-electron chi connectivity index (χ0n) is 16.7. The maximum Gasteiger partial charge on any atom is 0.247 e. The maximum atomic E-state index is 12.9. The molecule has 142 valence electrons. The van der Waals surface area contributed by atoms with Crippen molar-refractivity contribution in [2.45, 2.75) is 58.9 Å². The molecule has 0 aromatic heterocycles. The van der Waals surface area contributed by atoms with Gasteiger partial charge in [0.25, 0.3) is 0 Å². The Hall–Kier alpha value is -1.61. The summed E-state index contributed by atoms with van der Waals surface area (Å²) in [6.07, 6.45) is 7.87. The molecule has 0 radical (unpaired) electrons. The highest BCUT2D eigenvalue weighted by Gasteiger charge is 2.29. The molecule has 0 unspecified atom stereocenters. The Bertz CT molecular complexity index is 626. The number of hydrogen-bond donors (Lipinski definition) is 0. The molecule has 2 heterocycles. The van der Waals surface area contributed by atoms with E-state index in [0.29, 0.717) is 12.0 Å². The van der Waals surface area contributed by atoms with E-state index in [1.165, 1.54) is 31.5 Å². The van der Waals surface area contributed by atoms with Crippen molar-refractivity contribution in [3.63, 3.8) is 0 Å². The molecule has 1 amide bonds. The van der Waals surface area contributed by atoms with E-state index in [9.17, 15) is 4.79 Å². The van der Waals surface area contributed by atoms with Crippen LogP contribution in [0, 0.1) is 5.92 Å². The summed E-state index contributed by atoms with van der Waals surface area (Å²) in [5.41, 5.74) is 3.59. The molecule has 0 spiro atoms. The molecule has 26 heavy (non-hydrogen) atoms. The van der Waals surface area contributed by atoms with Crippen LogP contribution >= 0.6 is 0 Å².